The minimum atomic E-state index is -3.41. The summed E-state index contributed by atoms with van der Waals surface area (Å²) >= 11 is 1.26. The summed E-state index contributed by atoms with van der Waals surface area (Å²) in [6, 6.07) is 13.2. The van der Waals surface area contributed by atoms with E-state index < -0.39 is 10.0 Å². The summed E-state index contributed by atoms with van der Waals surface area (Å²) in [5, 5.41) is 6.23. The van der Waals surface area contributed by atoms with Crippen molar-refractivity contribution in [2.45, 2.75) is 30.4 Å². The summed E-state index contributed by atoms with van der Waals surface area (Å²) in [6.07, 6.45) is 4.14. The van der Waals surface area contributed by atoms with Gasteiger partial charge in [0.1, 0.15) is 4.21 Å². The molecular weight excluding hydrogens is 444 g/mol. The maximum Gasteiger partial charge on any atom is 0.257 e. The summed E-state index contributed by atoms with van der Waals surface area (Å²) in [5.74, 6) is 0.00944. The Labute approximate surface area is 192 Å². The Morgan fingerprint density at radius 3 is 2.44 bits per heavy atom. The highest BCUT2D eigenvalue weighted by Crippen LogP contribution is 2.42. The summed E-state index contributed by atoms with van der Waals surface area (Å²) in [7, 11) is -3.41. The van der Waals surface area contributed by atoms with Gasteiger partial charge in [0.05, 0.1) is 23.1 Å². The molecule has 0 N–H and O–H groups in total. The molecule has 2 aromatic heterocycles. The van der Waals surface area contributed by atoms with Gasteiger partial charge in [-0.15, -0.1) is 11.3 Å². The molecule has 2 aliphatic rings. The lowest BCUT2D eigenvalue weighted by Gasteiger charge is -2.38. The van der Waals surface area contributed by atoms with Gasteiger partial charge in [0.2, 0.25) is 0 Å². The maximum absolute atomic E-state index is 13.3. The third-order valence-corrected chi connectivity index (χ3v) is 10.1. The largest absolute Gasteiger partial charge is 0.338 e. The smallest absolute Gasteiger partial charge is 0.257 e. The molecule has 5 rings (SSSR count). The van der Waals surface area contributed by atoms with Crippen molar-refractivity contribution in [3.8, 4) is 5.69 Å². The Balaban J connectivity index is 1.27. The normalized spacial score (nSPS) is 19.0. The molecule has 1 amide bonds. The fourth-order valence-electron chi connectivity index (χ4n) is 4.87. The van der Waals surface area contributed by atoms with Gasteiger partial charge >= 0.3 is 0 Å². The molecule has 32 heavy (non-hydrogen) atoms. The van der Waals surface area contributed by atoms with Crippen molar-refractivity contribution >= 4 is 27.3 Å². The van der Waals surface area contributed by atoms with Crippen LogP contribution < -0.4 is 0 Å². The number of carbonyl (C=O) groups is 1. The van der Waals surface area contributed by atoms with Gasteiger partial charge in [0, 0.05) is 26.2 Å². The van der Waals surface area contributed by atoms with Crippen molar-refractivity contribution in [2.24, 2.45) is 5.41 Å². The van der Waals surface area contributed by atoms with E-state index in [0.29, 0.717) is 36.0 Å². The van der Waals surface area contributed by atoms with E-state index in [0.717, 1.165) is 30.6 Å². The van der Waals surface area contributed by atoms with Gasteiger partial charge < -0.3 is 4.90 Å². The van der Waals surface area contributed by atoms with Crippen LogP contribution in [0.1, 0.15) is 35.3 Å². The molecule has 9 heteroatoms. The molecule has 0 bridgehead atoms. The van der Waals surface area contributed by atoms with Crippen LogP contribution in [-0.2, 0) is 10.0 Å². The first-order valence-corrected chi connectivity index (χ1v) is 13.1. The number of para-hydroxylation sites is 1. The average Bonchev–Trinajstić information content (AvgIpc) is 3.55. The third-order valence-electron chi connectivity index (χ3n) is 6.84. The molecule has 3 aromatic rings. The molecular formula is C23H26N4O3S2. The van der Waals surface area contributed by atoms with E-state index in [9.17, 15) is 13.2 Å². The summed E-state index contributed by atoms with van der Waals surface area (Å²) < 4.78 is 29.5. The number of likely N-dealkylation sites (tertiary alicyclic amines) is 1. The van der Waals surface area contributed by atoms with E-state index >= 15 is 0 Å². The second-order valence-electron chi connectivity index (χ2n) is 8.70. The van der Waals surface area contributed by atoms with Crippen LogP contribution in [0.25, 0.3) is 5.69 Å². The zero-order valence-corrected chi connectivity index (χ0v) is 19.6. The van der Waals surface area contributed by atoms with Crippen LogP contribution >= 0.6 is 11.3 Å². The Morgan fingerprint density at radius 2 is 1.75 bits per heavy atom. The monoisotopic (exact) mass is 470 g/mol. The SMILES string of the molecule is Cc1c(C(=O)N2CCC3(CCN(S(=O)(=O)c4cccs4)CC3)C2)cnn1-c1ccccc1. The number of rotatable bonds is 4. The first kappa shape index (κ1) is 21.4. The number of thiophene rings is 1. The van der Waals surface area contributed by atoms with Gasteiger partial charge in [-0.05, 0) is 55.2 Å². The first-order valence-electron chi connectivity index (χ1n) is 10.8. The number of carbonyl (C=O) groups excluding carboxylic acids is 1. The van der Waals surface area contributed by atoms with Crippen molar-refractivity contribution in [3.63, 3.8) is 0 Å². The highest BCUT2D eigenvalue weighted by molar-refractivity contribution is 7.91. The van der Waals surface area contributed by atoms with Crippen LogP contribution in [0.3, 0.4) is 0 Å². The zero-order valence-electron chi connectivity index (χ0n) is 18.0. The van der Waals surface area contributed by atoms with Crippen LogP contribution in [-0.4, -0.2) is 59.5 Å². The number of aromatic nitrogens is 2. The lowest BCUT2D eigenvalue weighted by atomic mass is 9.78. The number of sulfonamides is 1. The van der Waals surface area contributed by atoms with Crippen LogP contribution in [0.15, 0.2) is 58.3 Å². The number of amides is 1. The Bertz CT molecular complexity index is 1210. The van der Waals surface area contributed by atoms with Crippen LogP contribution in [0.2, 0.25) is 0 Å². The molecule has 7 nitrogen and oxygen atoms in total. The summed E-state index contributed by atoms with van der Waals surface area (Å²) in [6.45, 7) is 4.31. The van der Waals surface area contributed by atoms with E-state index in [-0.39, 0.29) is 11.3 Å². The highest BCUT2D eigenvalue weighted by atomic mass is 32.2. The predicted octanol–water partition coefficient (Wildman–Crippen LogP) is 3.56. The predicted molar refractivity (Wildman–Crippen MR) is 124 cm³/mol. The second-order valence-corrected chi connectivity index (χ2v) is 11.8. The number of hydrogen-bond donors (Lipinski definition) is 0. The van der Waals surface area contributed by atoms with Gasteiger partial charge in [0.15, 0.2) is 0 Å². The quantitative estimate of drug-likeness (QED) is 0.584. The molecule has 0 radical (unpaired) electrons. The highest BCUT2D eigenvalue weighted by Gasteiger charge is 2.44. The van der Waals surface area contributed by atoms with Crippen molar-refractivity contribution < 1.29 is 13.2 Å². The summed E-state index contributed by atoms with van der Waals surface area (Å²) in [5.41, 5.74) is 2.39. The van der Waals surface area contributed by atoms with Crippen molar-refractivity contribution in [3.05, 3.63) is 65.3 Å². The second kappa shape index (κ2) is 8.13. The fraction of sp³-hybridized carbons (Fsp3) is 0.391. The minimum absolute atomic E-state index is 0.000455. The number of piperidine rings is 1. The van der Waals surface area contributed by atoms with Crippen LogP contribution in [0, 0.1) is 12.3 Å². The number of benzene rings is 1. The van der Waals surface area contributed by atoms with E-state index in [4.69, 9.17) is 0 Å². The zero-order chi connectivity index (χ0) is 22.3. The van der Waals surface area contributed by atoms with Gasteiger partial charge in [-0.25, -0.2) is 13.1 Å². The van der Waals surface area contributed by atoms with Gasteiger partial charge in [-0.3, -0.25) is 4.79 Å². The van der Waals surface area contributed by atoms with Crippen molar-refractivity contribution in [1.82, 2.24) is 19.0 Å². The van der Waals surface area contributed by atoms with Crippen molar-refractivity contribution in [2.75, 3.05) is 26.2 Å². The van der Waals surface area contributed by atoms with E-state index in [1.54, 1.807) is 32.7 Å². The van der Waals surface area contributed by atoms with Gasteiger partial charge in [-0.2, -0.15) is 9.40 Å². The molecule has 2 fully saturated rings. The molecule has 0 atom stereocenters. The lowest BCUT2D eigenvalue weighted by Crippen LogP contribution is -2.44. The molecule has 0 aliphatic carbocycles. The molecule has 1 aromatic carbocycles. The first-order chi connectivity index (χ1) is 15.4. The Morgan fingerprint density at radius 1 is 1.03 bits per heavy atom. The molecule has 0 unspecified atom stereocenters. The third kappa shape index (κ3) is 3.68. The fourth-order valence-corrected chi connectivity index (χ4v) is 7.46. The number of nitrogens with zero attached hydrogens (tertiary/aromatic N) is 4. The minimum Gasteiger partial charge on any atom is -0.338 e. The van der Waals surface area contributed by atoms with Crippen molar-refractivity contribution in [1.29, 1.82) is 0 Å². The maximum atomic E-state index is 13.3. The number of hydrogen-bond acceptors (Lipinski definition) is 5. The summed E-state index contributed by atoms with van der Waals surface area (Å²) in [4.78, 5) is 15.2. The molecule has 168 valence electrons. The lowest BCUT2D eigenvalue weighted by molar-refractivity contribution is 0.0750. The molecule has 0 saturated carbocycles. The van der Waals surface area contributed by atoms with Gasteiger partial charge in [0.25, 0.3) is 15.9 Å². The van der Waals surface area contributed by atoms with Crippen LogP contribution in [0.5, 0.6) is 0 Å². The Hall–Kier alpha value is -2.49. The topological polar surface area (TPSA) is 75.5 Å². The Kier molecular flexibility index (Phi) is 5.43. The standard InChI is InChI=1S/C23H26N4O3S2/c1-18-20(16-24-27(18)19-6-3-2-4-7-19)22(28)25-12-9-23(17-25)10-13-26(14-11-23)32(29,30)21-8-5-15-31-21/h2-8,15-16H,9-14,17H2,1H3. The van der Waals surface area contributed by atoms with E-state index in [1.807, 2.05) is 42.2 Å². The molecule has 2 aliphatic heterocycles. The molecule has 2 saturated heterocycles. The van der Waals surface area contributed by atoms with E-state index in [1.165, 1.54) is 11.3 Å². The average molecular weight is 471 g/mol. The molecule has 1 spiro atoms. The van der Waals surface area contributed by atoms with Gasteiger partial charge in [-0.1, -0.05) is 24.3 Å². The van der Waals surface area contributed by atoms with Crippen LogP contribution in [0.4, 0.5) is 0 Å². The van der Waals surface area contributed by atoms with E-state index in [2.05, 4.69) is 5.10 Å². The molecule has 4 heterocycles.